The van der Waals surface area contributed by atoms with Gasteiger partial charge in [-0.2, -0.15) is 0 Å². The number of hydrogen-bond donors (Lipinski definition) is 0. The summed E-state index contributed by atoms with van der Waals surface area (Å²) in [5.74, 6) is 1.79. The fraction of sp³-hybridized carbons (Fsp3) is 0.714. The summed E-state index contributed by atoms with van der Waals surface area (Å²) in [4.78, 5) is 7.87. The molecule has 2 saturated heterocycles. The topological polar surface area (TPSA) is 19.0 Å². The van der Waals surface area contributed by atoms with Gasteiger partial charge in [0.25, 0.3) is 0 Å². The second-order valence-corrected chi connectivity index (χ2v) is 11.6. The van der Waals surface area contributed by atoms with Crippen molar-refractivity contribution in [2.75, 3.05) is 68.8 Å². The molecule has 176 valence electrons. The molecule has 4 aliphatic rings. The first-order valence-corrected chi connectivity index (χ1v) is 13.1. The van der Waals surface area contributed by atoms with Crippen LogP contribution in [0.2, 0.25) is 0 Å². The van der Waals surface area contributed by atoms with Gasteiger partial charge in [0.2, 0.25) is 0 Å². The normalized spacial score (nSPS) is 25.7. The Morgan fingerprint density at radius 2 is 1.66 bits per heavy atom. The Labute approximate surface area is 195 Å². The zero-order chi connectivity index (χ0) is 22.1. The molecule has 0 aromatic heterocycles. The molecule has 1 aromatic carbocycles. The average Bonchev–Trinajstić information content (AvgIpc) is 3.63. The minimum atomic E-state index is 0.401. The molecule has 2 aliphatic carbocycles. The van der Waals surface area contributed by atoms with Crippen LogP contribution in [0.5, 0.6) is 0 Å². The van der Waals surface area contributed by atoms with Gasteiger partial charge in [0.1, 0.15) is 0 Å². The Bertz CT molecular complexity index is 808. The number of nitrogens with zero attached hydrogens (tertiary/aromatic N) is 3. The molecular weight excluding hydrogens is 394 g/mol. The van der Waals surface area contributed by atoms with Gasteiger partial charge >= 0.3 is 0 Å². The first-order chi connectivity index (χ1) is 15.5. The van der Waals surface area contributed by atoms with Gasteiger partial charge in [-0.3, -0.25) is 4.90 Å². The molecule has 0 amide bonds. The van der Waals surface area contributed by atoms with Crippen LogP contribution in [-0.4, -0.2) is 63.9 Å². The molecule has 0 bridgehead atoms. The highest BCUT2D eigenvalue weighted by atomic mass is 16.5. The summed E-state index contributed by atoms with van der Waals surface area (Å²) in [5.41, 5.74) is 6.32. The second kappa shape index (κ2) is 9.38. The molecule has 0 radical (unpaired) electrons. The monoisotopic (exact) mass is 437 g/mol. The van der Waals surface area contributed by atoms with Crippen LogP contribution in [0, 0.1) is 17.3 Å². The van der Waals surface area contributed by atoms with Crippen molar-refractivity contribution in [3.63, 3.8) is 0 Å². The fourth-order valence-electron chi connectivity index (χ4n) is 5.78. The third-order valence-electron chi connectivity index (χ3n) is 8.26. The molecule has 2 heterocycles. The highest BCUT2D eigenvalue weighted by Gasteiger charge is 2.30. The quantitative estimate of drug-likeness (QED) is 0.623. The summed E-state index contributed by atoms with van der Waals surface area (Å²) in [7, 11) is 0. The van der Waals surface area contributed by atoms with E-state index >= 15 is 0 Å². The number of benzene rings is 1. The Hall–Kier alpha value is -1.52. The number of piperazine rings is 1. The van der Waals surface area contributed by atoms with Crippen LogP contribution in [0.25, 0.3) is 5.57 Å². The number of hydrogen-bond acceptors (Lipinski definition) is 4. The number of morpholine rings is 1. The molecule has 5 rings (SSSR count). The molecule has 2 aliphatic heterocycles. The van der Waals surface area contributed by atoms with Crippen molar-refractivity contribution in [1.29, 1.82) is 0 Å². The highest BCUT2D eigenvalue weighted by Crippen LogP contribution is 2.42. The third kappa shape index (κ3) is 5.17. The SMILES string of the molecule is CC(C)(C)C1CC=C(c2cc(N3CCOCC3)ccc2N2CCN(CC3CC3)CC2)CC1. The minimum Gasteiger partial charge on any atom is -0.378 e. The Balaban J connectivity index is 1.38. The maximum Gasteiger partial charge on any atom is 0.0642 e. The molecule has 32 heavy (non-hydrogen) atoms. The lowest BCUT2D eigenvalue weighted by Gasteiger charge is -2.39. The number of rotatable bonds is 5. The average molecular weight is 438 g/mol. The summed E-state index contributed by atoms with van der Waals surface area (Å²) < 4.78 is 5.61. The van der Waals surface area contributed by atoms with Crippen molar-refractivity contribution in [2.24, 2.45) is 17.3 Å². The standard InChI is InChI=1S/C28H43N3O/c1-28(2,3)24-8-6-23(7-9-24)26-20-25(30-16-18-32-19-17-30)10-11-27(26)31-14-12-29(13-15-31)21-22-4-5-22/h6,10-11,20,22,24H,4-5,7-9,12-19,21H2,1-3H3. The molecule has 4 heteroatoms. The van der Waals surface area contributed by atoms with Crippen LogP contribution >= 0.6 is 0 Å². The Kier molecular flexibility index (Phi) is 6.53. The number of ether oxygens (including phenoxy) is 1. The number of anilines is 2. The van der Waals surface area contributed by atoms with E-state index in [4.69, 9.17) is 4.74 Å². The van der Waals surface area contributed by atoms with Crippen molar-refractivity contribution in [1.82, 2.24) is 4.90 Å². The predicted molar refractivity (Wildman–Crippen MR) is 136 cm³/mol. The minimum absolute atomic E-state index is 0.401. The van der Waals surface area contributed by atoms with Crippen LogP contribution in [0.3, 0.4) is 0 Å². The van der Waals surface area contributed by atoms with E-state index in [0.717, 1.165) is 51.2 Å². The molecule has 0 spiro atoms. The summed E-state index contributed by atoms with van der Waals surface area (Å²) in [5, 5.41) is 0. The second-order valence-electron chi connectivity index (χ2n) is 11.6. The van der Waals surface area contributed by atoms with Gasteiger partial charge in [-0.05, 0) is 73.1 Å². The van der Waals surface area contributed by atoms with Gasteiger partial charge < -0.3 is 14.5 Å². The lowest BCUT2D eigenvalue weighted by molar-refractivity contribution is 0.122. The largest absolute Gasteiger partial charge is 0.378 e. The van der Waals surface area contributed by atoms with Crippen molar-refractivity contribution < 1.29 is 4.74 Å². The zero-order valence-electron chi connectivity index (χ0n) is 20.6. The first-order valence-electron chi connectivity index (χ1n) is 13.1. The van der Waals surface area contributed by atoms with Gasteiger partial charge in [-0.25, -0.2) is 0 Å². The summed E-state index contributed by atoms with van der Waals surface area (Å²) in [6.07, 6.45) is 9.23. The lowest BCUT2D eigenvalue weighted by atomic mass is 9.72. The summed E-state index contributed by atoms with van der Waals surface area (Å²) in [6.45, 7) is 17.0. The first kappa shape index (κ1) is 22.3. The van der Waals surface area contributed by atoms with Crippen LogP contribution in [0.15, 0.2) is 24.3 Å². The maximum absolute atomic E-state index is 5.61. The van der Waals surface area contributed by atoms with E-state index in [1.165, 1.54) is 68.7 Å². The Morgan fingerprint density at radius 1 is 0.906 bits per heavy atom. The van der Waals surface area contributed by atoms with E-state index < -0.39 is 0 Å². The van der Waals surface area contributed by atoms with Crippen molar-refractivity contribution in [3.05, 3.63) is 29.8 Å². The van der Waals surface area contributed by atoms with E-state index in [2.05, 4.69) is 59.7 Å². The van der Waals surface area contributed by atoms with Crippen molar-refractivity contribution in [3.8, 4) is 0 Å². The molecular formula is C28H43N3O. The molecule has 1 saturated carbocycles. The smallest absolute Gasteiger partial charge is 0.0642 e. The zero-order valence-corrected chi connectivity index (χ0v) is 20.6. The van der Waals surface area contributed by atoms with E-state index in [9.17, 15) is 0 Å². The molecule has 1 atom stereocenters. The van der Waals surface area contributed by atoms with Gasteiger partial charge in [0.15, 0.2) is 0 Å². The molecule has 3 fully saturated rings. The molecule has 1 aromatic rings. The summed E-state index contributed by atoms with van der Waals surface area (Å²) in [6, 6.07) is 7.29. The van der Waals surface area contributed by atoms with E-state index in [1.54, 1.807) is 5.57 Å². The predicted octanol–water partition coefficient (Wildman–Crippen LogP) is 5.28. The third-order valence-corrected chi connectivity index (χ3v) is 8.26. The van der Waals surface area contributed by atoms with Crippen LogP contribution in [0.4, 0.5) is 11.4 Å². The Morgan fingerprint density at radius 3 is 2.28 bits per heavy atom. The van der Waals surface area contributed by atoms with E-state index in [1.807, 2.05) is 0 Å². The van der Waals surface area contributed by atoms with Gasteiger partial charge in [0.05, 0.1) is 13.2 Å². The van der Waals surface area contributed by atoms with Gasteiger partial charge in [-0.15, -0.1) is 0 Å². The van der Waals surface area contributed by atoms with Crippen molar-refractivity contribution >= 4 is 16.9 Å². The van der Waals surface area contributed by atoms with Crippen LogP contribution in [0.1, 0.15) is 58.4 Å². The molecule has 1 unspecified atom stereocenters. The van der Waals surface area contributed by atoms with Crippen LogP contribution < -0.4 is 9.80 Å². The summed E-state index contributed by atoms with van der Waals surface area (Å²) >= 11 is 0. The fourth-order valence-corrected chi connectivity index (χ4v) is 5.78. The van der Waals surface area contributed by atoms with Crippen molar-refractivity contribution in [2.45, 2.75) is 52.9 Å². The highest BCUT2D eigenvalue weighted by molar-refractivity contribution is 5.80. The van der Waals surface area contributed by atoms with E-state index in [0.29, 0.717) is 5.41 Å². The lowest BCUT2D eigenvalue weighted by Crippen LogP contribution is -2.47. The van der Waals surface area contributed by atoms with Gasteiger partial charge in [-0.1, -0.05) is 26.8 Å². The molecule has 0 N–H and O–H groups in total. The molecule has 4 nitrogen and oxygen atoms in total. The van der Waals surface area contributed by atoms with Crippen LogP contribution in [-0.2, 0) is 4.74 Å². The number of allylic oxidation sites excluding steroid dienone is 2. The van der Waals surface area contributed by atoms with Gasteiger partial charge in [0, 0.05) is 62.8 Å². The maximum atomic E-state index is 5.61. The van der Waals surface area contributed by atoms with E-state index in [-0.39, 0.29) is 0 Å².